The maximum atomic E-state index is 13.7. The molecule has 0 radical (unpaired) electrons. The molecule has 0 spiro atoms. The van der Waals surface area contributed by atoms with Crippen LogP contribution in [0.5, 0.6) is 0 Å². The monoisotopic (exact) mass is 326 g/mol. The molecule has 22 heavy (non-hydrogen) atoms. The number of aromatic nitrogens is 1. The molecule has 4 nitrogen and oxygen atoms in total. The van der Waals surface area contributed by atoms with Gasteiger partial charge in [0.1, 0.15) is 22.9 Å². The van der Waals surface area contributed by atoms with Crippen molar-refractivity contribution in [3.63, 3.8) is 0 Å². The topological polar surface area (TPSA) is 62.2 Å². The molecule has 116 valence electrons. The lowest BCUT2D eigenvalue weighted by Crippen LogP contribution is -2.39. The Morgan fingerprint density at radius 2 is 2.09 bits per heavy atom. The molecule has 1 amide bonds. The van der Waals surface area contributed by atoms with Crippen LogP contribution in [0, 0.1) is 11.6 Å². The first kappa shape index (κ1) is 16.3. The molecule has 1 unspecified atom stereocenters. The summed E-state index contributed by atoms with van der Waals surface area (Å²) in [4.78, 5) is 15.8. The zero-order valence-corrected chi connectivity index (χ0v) is 12.4. The van der Waals surface area contributed by atoms with E-state index in [2.05, 4.69) is 10.3 Å². The Labute approximate surface area is 130 Å². The third kappa shape index (κ3) is 3.78. The van der Waals surface area contributed by atoms with Gasteiger partial charge in [0.2, 0.25) is 0 Å². The molecule has 1 atom stereocenters. The van der Waals surface area contributed by atoms with E-state index in [0.717, 1.165) is 12.1 Å². The number of hydrogen-bond donors (Lipinski definition) is 2. The molecule has 7 heteroatoms. The highest BCUT2D eigenvalue weighted by Gasteiger charge is 2.27. The van der Waals surface area contributed by atoms with E-state index in [1.165, 1.54) is 25.3 Å². The summed E-state index contributed by atoms with van der Waals surface area (Å²) in [7, 11) is 0. The van der Waals surface area contributed by atoms with Crippen molar-refractivity contribution < 1.29 is 18.7 Å². The quantitative estimate of drug-likeness (QED) is 0.908. The third-order valence-electron chi connectivity index (χ3n) is 3.06. The molecule has 2 aromatic rings. The lowest BCUT2D eigenvalue weighted by molar-refractivity contribution is 0.0493. The van der Waals surface area contributed by atoms with Crippen LogP contribution in [0.3, 0.4) is 0 Å². The molecule has 0 aliphatic rings. The number of halogens is 3. The Balaban J connectivity index is 2.10. The van der Waals surface area contributed by atoms with Crippen molar-refractivity contribution in [1.82, 2.24) is 10.3 Å². The average Bonchev–Trinajstić information content (AvgIpc) is 2.44. The number of benzene rings is 1. The summed E-state index contributed by atoms with van der Waals surface area (Å²) in [6.07, 6.45) is 1.37. The number of amides is 1. The van der Waals surface area contributed by atoms with Crippen molar-refractivity contribution in [3.8, 4) is 0 Å². The van der Waals surface area contributed by atoms with Crippen LogP contribution in [-0.4, -0.2) is 22.5 Å². The van der Waals surface area contributed by atoms with E-state index in [0.29, 0.717) is 11.1 Å². The van der Waals surface area contributed by atoms with Crippen molar-refractivity contribution >= 4 is 17.5 Å². The van der Waals surface area contributed by atoms with Crippen molar-refractivity contribution in [2.45, 2.75) is 12.5 Å². The molecular weight excluding hydrogens is 314 g/mol. The molecule has 0 saturated carbocycles. The van der Waals surface area contributed by atoms with Crippen molar-refractivity contribution in [3.05, 3.63) is 64.4 Å². The Morgan fingerprint density at radius 1 is 1.36 bits per heavy atom. The van der Waals surface area contributed by atoms with E-state index < -0.39 is 23.1 Å². The van der Waals surface area contributed by atoms with Crippen LogP contribution in [0.2, 0.25) is 5.02 Å². The lowest BCUT2D eigenvalue weighted by atomic mass is 9.95. The van der Waals surface area contributed by atoms with Gasteiger partial charge in [-0.05, 0) is 25.1 Å². The number of pyridine rings is 1. The van der Waals surface area contributed by atoms with Gasteiger partial charge < -0.3 is 10.4 Å². The molecule has 2 N–H and O–H groups in total. The van der Waals surface area contributed by atoms with Gasteiger partial charge in [-0.3, -0.25) is 9.78 Å². The van der Waals surface area contributed by atoms with E-state index >= 15 is 0 Å². The molecule has 0 bridgehead atoms. The molecular formula is C15H13ClF2N2O2. The number of carbonyl (C=O) groups is 1. The van der Waals surface area contributed by atoms with Crippen molar-refractivity contribution in [1.29, 1.82) is 0 Å². The number of rotatable bonds is 4. The summed E-state index contributed by atoms with van der Waals surface area (Å²) in [5.74, 6) is -2.20. The highest BCUT2D eigenvalue weighted by molar-refractivity contribution is 6.30. The lowest BCUT2D eigenvalue weighted by Gasteiger charge is -2.24. The van der Waals surface area contributed by atoms with Crippen molar-refractivity contribution in [2.24, 2.45) is 0 Å². The van der Waals surface area contributed by atoms with Gasteiger partial charge in [0.05, 0.1) is 6.54 Å². The second kappa shape index (κ2) is 6.37. The fourth-order valence-corrected chi connectivity index (χ4v) is 2.05. The highest BCUT2D eigenvalue weighted by atomic mass is 35.5. The van der Waals surface area contributed by atoms with Gasteiger partial charge in [0, 0.05) is 22.8 Å². The zero-order chi connectivity index (χ0) is 16.3. The van der Waals surface area contributed by atoms with E-state index in [9.17, 15) is 18.7 Å². The highest BCUT2D eigenvalue weighted by Crippen LogP contribution is 2.23. The molecule has 0 aliphatic carbocycles. The zero-order valence-electron chi connectivity index (χ0n) is 11.6. The van der Waals surface area contributed by atoms with Gasteiger partial charge in [0.15, 0.2) is 0 Å². The molecule has 0 saturated heterocycles. The maximum Gasteiger partial charge on any atom is 0.270 e. The molecule has 1 aromatic heterocycles. The number of hydrogen-bond acceptors (Lipinski definition) is 3. The maximum absolute atomic E-state index is 13.7. The van der Waals surface area contributed by atoms with Crippen LogP contribution in [-0.2, 0) is 5.60 Å². The number of aliphatic hydroxyl groups is 1. The number of nitrogens with one attached hydrogen (secondary N) is 1. The Kier molecular flexibility index (Phi) is 4.73. The van der Waals surface area contributed by atoms with E-state index in [-0.39, 0.29) is 17.8 Å². The van der Waals surface area contributed by atoms with Crippen LogP contribution < -0.4 is 5.32 Å². The van der Waals surface area contributed by atoms with Gasteiger partial charge in [-0.25, -0.2) is 8.78 Å². The van der Waals surface area contributed by atoms with Gasteiger partial charge in [-0.2, -0.15) is 0 Å². The summed E-state index contributed by atoms with van der Waals surface area (Å²) in [6.45, 7) is 1.04. The summed E-state index contributed by atoms with van der Waals surface area (Å²) in [5.41, 5.74) is -1.75. The minimum absolute atomic E-state index is 0.0721. The predicted molar refractivity (Wildman–Crippen MR) is 77.5 cm³/mol. The SMILES string of the molecule is CC(O)(CNC(=O)c1cc(Cl)ccn1)c1ccc(F)cc1F. The second-order valence-corrected chi connectivity index (χ2v) is 5.38. The minimum atomic E-state index is -1.70. The van der Waals surface area contributed by atoms with Gasteiger partial charge in [0.25, 0.3) is 5.91 Å². The molecule has 1 heterocycles. The fraction of sp³-hybridized carbons (Fsp3) is 0.200. The normalized spacial score (nSPS) is 13.5. The van der Waals surface area contributed by atoms with Crippen LogP contribution in [0.25, 0.3) is 0 Å². The van der Waals surface area contributed by atoms with Gasteiger partial charge >= 0.3 is 0 Å². The summed E-state index contributed by atoms with van der Waals surface area (Å²) in [6, 6.07) is 5.72. The second-order valence-electron chi connectivity index (χ2n) is 4.94. The Bertz CT molecular complexity index is 708. The predicted octanol–water partition coefficient (Wildman–Crippen LogP) is 2.65. The first-order valence-electron chi connectivity index (χ1n) is 6.37. The average molecular weight is 327 g/mol. The van der Waals surface area contributed by atoms with Crippen LogP contribution in [0.1, 0.15) is 23.0 Å². The number of nitrogens with zero attached hydrogens (tertiary/aromatic N) is 1. The largest absolute Gasteiger partial charge is 0.383 e. The molecule has 0 aliphatic heterocycles. The minimum Gasteiger partial charge on any atom is -0.383 e. The van der Waals surface area contributed by atoms with Crippen LogP contribution >= 0.6 is 11.6 Å². The summed E-state index contributed by atoms with van der Waals surface area (Å²) >= 11 is 5.76. The Morgan fingerprint density at radius 3 is 2.73 bits per heavy atom. The molecule has 1 aromatic carbocycles. The van der Waals surface area contributed by atoms with Gasteiger partial charge in [-0.1, -0.05) is 17.7 Å². The first-order chi connectivity index (χ1) is 10.3. The van der Waals surface area contributed by atoms with Crippen LogP contribution in [0.4, 0.5) is 8.78 Å². The smallest absolute Gasteiger partial charge is 0.270 e. The van der Waals surface area contributed by atoms with E-state index in [4.69, 9.17) is 11.6 Å². The number of carbonyl (C=O) groups excluding carboxylic acids is 1. The molecule has 0 fully saturated rings. The first-order valence-corrected chi connectivity index (χ1v) is 6.75. The van der Waals surface area contributed by atoms with Crippen molar-refractivity contribution in [2.75, 3.05) is 6.54 Å². The van der Waals surface area contributed by atoms with E-state index in [1.54, 1.807) is 0 Å². The molecule has 2 rings (SSSR count). The fourth-order valence-electron chi connectivity index (χ4n) is 1.89. The summed E-state index contributed by atoms with van der Waals surface area (Å²) in [5, 5.41) is 13.1. The third-order valence-corrected chi connectivity index (χ3v) is 3.29. The standard InChI is InChI=1S/C15H13ClF2N2O2/c1-15(22,11-3-2-10(17)7-12(11)18)8-20-14(21)13-6-9(16)4-5-19-13/h2-7,22H,8H2,1H3,(H,20,21). The Hall–Kier alpha value is -2.05. The van der Waals surface area contributed by atoms with Crippen LogP contribution in [0.15, 0.2) is 36.5 Å². The summed E-state index contributed by atoms with van der Waals surface area (Å²) < 4.78 is 26.6. The van der Waals surface area contributed by atoms with Gasteiger partial charge in [-0.15, -0.1) is 0 Å². The van der Waals surface area contributed by atoms with E-state index in [1.807, 2.05) is 0 Å².